The minimum absolute atomic E-state index is 0.0179. The van der Waals surface area contributed by atoms with E-state index in [1.165, 1.54) is 0 Å². The quantitative estimate of drug-likeness (QED) is 0.783. The van der Waals surface area contributed by atoms with Gasteiger partial charge in [0.25, 0.3) is 0 Å². The molecule has 1 saturated heterocycles. The molecule has 122 valence electrons. The van der Waals surface area contributed by atoms with Crippen LogP contribution in [0.15, 0.2) is 0 Å². The Hall–Kier alpha value is -0.780. The second-order valence-corrected chi connectivity index (χ2v) is 6.62. The lowest BCUT2D eigenvalue weighted by Crippen LogP contribution is -2.47. The Kier molecular flexibility index (Phi) is 5.17. The lowest BCUT2D eigenvalue weighted by Gasteiger charge is -2.38. The summed E-state index contributed by atoms with van der Waals surface area (Å²) in [5.74, 6) is -1.78. The van der Waals surface area contributed by atoms with Crippen molar-refractivity contribution in [3.63, 3.8) is 0 Å². The molecule has 2 aliphatic rings. The van der Waals surface area contributed by atoms with Crippen LogP contribution in [0.2, 0.25) is 0 Å². The van der Waals surface area contributed by atoms with E-state index in [2.05, 4.69) is 4.90 Å². The van der Waals surface area contributed by atoms with Gasteiger partial charge >= 0.3 is 6.18 Å². The molecular formula is C15H25F3N2O. The van der Waals surface area contributed by atoms with Gasteiger partial charge in [-0.25, -0.2) is 0 Å². The molecule has 0 N–H and O–H groups in total. The van der Waals surface area contributed by atoms with Gasteiger partial charge in [-0.15, -0.1) is 0 Å². The zero-order valence-electron chi connectivity index (χ0n) is 12.8. The molecule has 2 atom stereocenters. The number of halogens is 3. The summed E-state index contributed by atoms with van der Waals surface area (Å²) in [7, 11) is 4.05. The molecule has 1 amide bonds. The van der Waals surface area contributed by atoms with Gasteiger partial charge in [0.1, 0.15) is 0 Å². The van der Waals surface area contributed by atoms with Gasteiger partial charge in [-0.3, -0.25) is 4.79 Å². The van der Waals surface area contributed by atoms with Gasteiger partial charge in [-0.1, -0.05) is 6.42 Å². The molecule has 1 heterocycles. The Morgan fingerprint density at radius 2 is 1.71 bits per heavy atom. The van der Waals surface area contributed by atoms with Gasteiger partial charge in [-0.05, 0) is 46.2 Å². The summed E-state index contributed by atoms with van der Waals surface area (Å²) in [6.07, 6.45) is -1.06. The van der Waals surface area contributed by atoms with Gasteiger partial charge in [0.2, 0.25) is 5.91 Å². The standard InChI is InChI=1S/C15H25F3N2O/c1-19(2)13-6-8-20(9-7-13)14(21)11-4-3-5-12(10-11)15(16,17)18/h11-13H,3-10H2,1-2H3/t11-,12+/m0/s1. The smallest absolute Gasteiger partial charge is 0.342 e. The summed E-state index contributed by atoms with van der Waals surface area (Å²) in [5, 5.41) is 0. The number of nitrogens with zero attached hydrogens (tertiary/aromatic N) is 2. The maximum atomic E-state index is 12.8. The van der Waals surface area contributed by atoms with Crippen molar-refractivity contribution in [3.8, 4) is 0 Å². The van der Waals surface area contributed by atoms with Crippen LogP contribution >= 0.6 is 0 Å². The van der Waals surface area contributed by atoms with Crippen LogP contribution in [-0.4, -0.2) is 55.1 Å². The average molecular weight is 306 g/mol. The van der Waals surface area contributed by atoms with E-state index in [1.807, 2.05) is 14.1 Å². The van der Waals surface area contributed by atoms with Crippen molar-refractivity contribution < 1.29 is 18.0 Å². The van der Waals surface area contributed by atoms with Gasteiger partial charge in [-0.2, -0.15) is 13.2 Å². The van der Waals surface area contributed by atoms with Crippen LogP contribution < -0.4 is 0 Å². The summed E-state index contributed by atoms with van der Waals surface area (Å²) in [4.78, 5) is 16.4. The van der Waals surface area contributed by atoms with Crippen molar-refractivity contribution in [2.75, 3.05) is 27.2 Å². The fourth-order valence-electron chi connectivity index (χ4n) is 3.57. The van der Waals surface area contributed by atoms with E-state index in [-0.39, 0.29) is 18.7 Å². The number of amides is 1. The molecule has 2 fully saturated rings. The molecule has 0 aromatic heterocycles. The van der Waals surface area contributed by atoms with E-state index in [9.17, 15) is 18.0 Å². The number of rotatable bonds is 2. The third kappa shape index (κ3) is 4.11. The number of carbonyl (C=O) groups is 1. The first-order chi connectivity index (χ1) is 9.79. The van der Waals surface area contributed by atoms with E-state index in [0.717, 1.165) is 12.8 Å². The fourth-order valence-corrected chi connectivity index (χ4v) is 3.57. The van der Waals surface area contributed by atoms with Crippen LogP contribution in [-0.2, 0) is 4.79 Å². The molecule has 0 aromatic rings. The molecule has 1 saturated carbocycles. The van der Waals surface area contributed by atoms with E-state index in [4.69, 9.17) is 0 Å². The molecule has 0 unspecified atom stereocenters. The van der Waals surface area contributed by atoms with Crippen molar-refractivity contribution in [2.24, 2.45) is 11.8 Å². The third-order valence-corrected chi connectivity index (χ3v) is 4.99. The molecule has 2 rings (SSSR count). The number of likely N-dealkylation sites (tertiary alicyclic amines) is 1. The number of hydrogen-bond acceptors (Lipinski definition) is 2. The molecule has 1 aliphatic heterocycles. The van der Waals surface area contributed by atoms with Crippen molar-refractivity contribution in [2.45, 2.75) is 50.7 Å². The Bertz CT molecular complexity index is 362. The van der Waals surface area contributed by atoms with Crippen LogP contribution in [0.3, 0.4) is 0 Å². The lowest BCUT2D eigenvalue weighted by atomic mass is 9.80. The SMILES string of the molecule is CN(C)C1CCN(C(=O)[C@H]2CCC[C@@H](C(F)(F)F)C2)CC1. The first-order valence-electron chi connectivity index (χ1n) is 7.81. The molecule has 1 aliphatic carbocycles. The molecule has 0 radical (unpaired) electrons. The lowest BCUT2D eigenvalue weighted by molar-refractivity contribution is -0.187. The van der Waals surface area contributed by atoms with Crippen LogP contribution in [0.4, 0.5) is 13.2 Å². The summed E-state index contributed by atoms with van der Waals surface area (Å²) in [6, 6.07) is 0.475. The summed E-state index contributed by atoms with van der Waals surface area (Å²) in [5.41, 5.74) is 0. The second kappa shape index (κ2) is 6.55. The van der Waals surface area contributed by atoms with Crippen molar-refractivity contribution in [1.82, 2.24) is 9.80 Å². The summed E-state index contributed by atoms with van der Waals surface area (Å²) >= 11 is 0. The first-order valence-corrected chi connectivity index (χ1v) is 7.81. The molecule has 0 spiro atoms. The largest absolute Gasteiger partial charge is 0.391 e. The second-order valence-electron chi connectivity index (χ2n) is 6.62. The highest BCUT2D eigenvalue weighted by atomic mass is 19.4. The molecule has 0 bridgehead atoms. The highest BCUT2D eigenvalue weighted by molar-refractivity contribution is 5.79. The fraction of sp³-hybridized carbons (Fsp3) is 0.933. The van der Waals surface area contributed by atoms with Crippen LogP contribution in [0.1, 0.15) is 38.5 Å². The number of hydrogen-bond donors (Lipinski definition) is 0. The van der Waals surface area contributed by atoms with Crippen molar-refractivity contribution in [3.05, 3.63) is 0 Å². The van der Waals surface area contributed by atoms with E-state index in [0.29, 0.717) is 32.0 Å². The normalized spacial score (nSPS) is 29.0. The van der Waals surface area contributed by atoms with Gasteiger partial charge in [0.05, 0.1) is 5.92 Å². The third-order valence-electron chi connectivity index (χ3n) is 4.99. The van der Waals surface area contributed by atoms with Crippen molar-refractivity contribution in [1.29, 1.82) is 0 Å². The monoisotopic (exact) mass is 306 g/mol. The Morgan fingerprint density at radius 3 is 2.24 bits per heavy atom. The zero-order valence-corrected chi connectivity index (χ0v) is 12.8. The maximum Gasteiger partial charge on any atom is 0.391 e. The van der Waals surface area contributed by atoms with Gasteiger partial charge < -0.3 is 9.80 Å². The first kappa shape index (κ1) is 16.6. The number of piperidine rings is 1. The highest BCUT2D eigenvalue weighted by Crippen LogP contribution is 2.40. The Labute approximate surface area is 124 Å². The predicted molar refractivity (Wildman–Crippen MR) is 74.8 cm³/mol. The topological polar surface area (TPSA) is 23.6 Å². The van der Waals surface area contributed by atoms with E-state index < -0.39 is 18.0 Å². The molecule has 0 aromatic carbocycles. The Balaban J connectivity index is 1.89. The summed E-state index contributed by atoms with van der Waals surface area (Å²) in [6.45, 7) is 1.35. The van der Waals surface area contributed by atoms with E-state index in [1.54, 1.807) is 4.90 Å². The van der Waals surface area contributed by atoms with Crippen LogP contribution in [0.5, 0.6) is 0 Å². The molecular weight excluding hydrogens is 281 g/mol. The van der Waals surface area contributed by atoms with Crippen molar-refractivity contribution >= 4 is 5.91 Å². The zero-order chi connectivity index (χ0) is 15.6. The van der Waals surface area contributed by atoms with Gasteiger partial charge in [0, 0.05) is 25.0 Å². The highest BCUT2D eigenvalue weighted by Gasteiger charge is 2.44. The van der Waals surface area contributed by atoms with E-state index >= 15 is 0 Å². The minimum atomic E-state index is -4.16. The van der Waals surface area contributed by atoms with Gasteiger partial charge in [0.15, 0.2) is 0 Å². The Morgan fingerprint density at radius 1 is 1.10 bits per heavy atom. The number of alkyl halides is 3. The summed E-state index contributed by atoms with van der Waals surface area (Å²) < 4.78 is 38.5. The van der Waals surface area contributed by atoms with Crippen LogP contribution in [0, 0.1) is 11.8 Å². The predicted octanol–water partition coefficient (Wildman–Crippen LogP) is 2.91. The minimum Gasteiger partial charge on any atom is -0.342 e. The molecule has 6 heteroatoms. The average Bonchev–Trinajstić information content (AvgIpc) is 2.46. The molecule has 21 heavy (non-hydrogen) atoms. The maximum absolute atomic E-state index is 12.8. The van der Waals surface area contributed by atoms with Crippen LogP contribution in [0.25, 0.3) is 0 Å². The molecule has 3 nitrogen and oxygen atoms in total. The number of carbonyl (C=O) groups excluding carboxylic acids is 1.